The Morgan fingerprint density at radius 1 is 1.38 bits per heavy atom. The standard InChI is InChI=1S/C12H18N6O2S/c1-14-21(19,20)9-3-4-11(10(13)7-9)15-6-5-12-17-16-8-18(12)2/h3-4,7-8,14-15H,5-6,13H2,1-2H3. The van der Waals surface area contributed by atoms with E-state index < -0.39 is 10.0 Å². The molecule has 8 nitrogen and oxygen atoms in total. The van der Waals surface area contributed by atoms with Crippen LogP contribution in [0.2, 0.25) is 0 Å². The van der Waals surface area contributed by atoms with Crippen LogP contribution in [0.25, 0.3) is 0 Å². The number of nitrogens with two attached hydrogens (primary N) is 1. The van der Waals surface area contributed by atoms with E-state index in [4.69, 9.17) is 5.73 Å². The molecule has 114 valence electrons. The fraction of sp³-hybridized carbons (Fsp3) is 0.333. The van der Waals surface area contributed by atoms with Crippen molar-refractivity contribution in [3.05, 3.63) is 30.4 Å². The summed E-state index contributed by atoms with van der Waals surface area (Å²) in [6.45, 7) is 0.620. The molecule has 0 fully saturated rings. The second-order valence-electron chi connectivity index (χ2n) is 4.49. The van der Waals surface area contributed by atoms with Crippen LogP contribution in [0.1, 0.15) is 5.82 Å². The van der Waals surface area contributed by atoms with Crippen molar-refractivity contribution in [2.24, 2.45) is 7.05 Å². The molecule has 21 heavy (non-hydrogen) atoms. The maximum atomic E-state index is 11.7. The van der Waals surface area contributed by atoms with Crippen molar-refractivity contribution >= 4 is 21.4 Å². The van der Waals surface area contributed by atoms with Crippen LogP contribution in [-0.4, -0.2) is 36.8 Å². The van der Waals surface area contributed by atoms with Crippen LogP contribution in [0, 0.1) is 0 Å². The molecule has 0 spiro atoms. The van der Waals surface area contributed by atoms with Gasteiger partial charge in [0.05, 0.1) is 16.3 Å². The highest BCUT2D eigenvalue weighted by molar-refractivity contribution is 7.89. The fourth-order valence-corrected chi connectivity index (χ4v) is 2.59. The maximum absolute atomic E-state index is 11.7. The molecule has 0 atom stereocenters. The van der Waals surface area contributed by atoms with E-state index in [1.165, 1.54) is 19.2 Å². The molecule has 0 bridgehead atoms. The van der Waals surface area contributed by atoms with Crippen molar-refractivity contribution in [2.75, 3.05) is 24.6 Å². The molecule has 0 amide bonds. The summed E-state index contributed by atoms with van der Waals surface area (Å²) < 4.78 is 27.4. The Hall–Kier alpha value is -2.13. The highest BCUT2D eigenvalue weighted by Gasteiger charge is 2.12. The lowest BCUT2D eigenvalue weighted by Crippen LogP contribution is -2.19. The summed E-state index contributed by atoms with van der Waals surface area (Å²) in [4.78, 5) is 0.140. The Balaban J connectivity index is 2.03. The number of nitrogens with one attached hydrogen (secondary N) is 2. The summed E-state index contributed by atoms with van der Waals surface area (Å²) in [5.74, 6) is 0.857. The molecule has 9 heteroatoms. The third-order valence-corrected chi connectivity index (χ3v) is 4.48. The van der Waals surface area contributed by atoms with Gasteiger partial charge >= 0.3 is 0 Å². The van der Waals surface area contributed by atoms with E-state index in [-0.39, 0.29) is 4.90 Å². The van der Waals surface area contributed by atoms with Crippen molar-refractivity contribution in [3.63, 3.8) is 0 Å². The van der Waals surface area contributed by atoms with E-state index in [9.17, 15) is 8.42 Å². The first-order chi connectivity index (χ1) is 9.94. The van der Waals surface area contributed by atoms with Crippen molar-refractivity contribution in [3.8, 4) is 0 Å². The Kier molecular flexibility index (Phi) is 4.43. The van der Waals surface area contributed by atoms with E-state index in [0.29, 0.717) is 24.3 Å². The molecule has 0 unspecified atom stereocenters. The number of benzene rings is 1. The highest BCUT2D eigenvalue weighted by atomic mass is 32.2. The van der Waals surface area contributed by atoms with Gasteiger partial charge in [-0.15, -0.1) is 10.2 Å². The van der Waals surface area contributed by atoms with E-state index >= 15 is 0 Å². The highest BCUT2D eigenvalue weighted by Crippen LogP contribution is 2.22. The van der Waals surface area contributed by atoms with Gasteiger partial charge < -0.3 is 15.6 Å². The zero-order valence-corrected chi connectivity index (χ0v) is 12.7. The van der Waals surface area contributed by atoms with Gasteiger partial charge in [0.2, 0.25) is 10.0 Å². The lowest BCUT2D eigenvalue weighted by Gasteiger charge is -2.11. The van der Waals surface area contributed by atoms with Gasteiger partial charge in [-0.05, 0) is 25.2 Å². The Morgan fingerprint density at radius 2 is 2.14 bits per heavy atom. The van der Waals surface area contributed by atoms with Crippen LogP contribution in [0.15, 0.2) is 29.4 Å². The van der Waals surface area contributed by atoms with E-state index in [0.717, 1.165) is 5.82 Å². The molecule has 4 N–H and O–H groups in total. The zero-order valence-electron chi connectivity index (χ0n) is 11.9. The van der Waals surface area contributed by atoms with Crippen molar-refractivity contribution in [2.45, 2.75) is 11.3 Å². The molecule has 1 heterocycles. The van der Waals surface area contributed by atoms with Gasteiger partial charge in [-0.2, -0.15) is 0 Å². The lowest BCUT2D eigenvalue weighted by molar-refractivity contribution is 0.588. The number of aryl methyl sites for hydroxylation is 1. The fourth-order valence-electron chi connectivity index (χ4n) is 1.83. The average Bonchev–Trinajstić information content (AvgIpc) is 2.86. The monoisotopic (exact) mass is 310 g/mol. The lowest BCUT2D eigenvalue weighted by atomic mass is 10.2. The number of aromatic nitrogens is 3. The van der Waals surface area contributed by atoms with E-state index in [1.807, 2.05) is 11.6 Å². The predicted molar refractivity (Wildman–Crippen MR) is 80.3 cm³/mol. The molecule has 0 aliphatic heterocycles. The molecular formula is C12H18N6O2S. The number of hydrogen-bond donors (Lipinski definition) is 3. The Labute approximate surface area is 123 Å². The number of hydrogen-bond acceptors (Lipinski definition) is 6. The largest absolute Gasteiger partial charge is 0.397 e. The minimum atomic E-state index is -3.48. The summed E-state index contributed by atoms with van der Waals surface area (Å²) in [6, 6.07) is 4.58. The maximum Gasteiger partial charge on any atom is 0.240 e. The molecule has 2 aromatic rings. The van der Waals surface area contributed by atoms with Crippen LogP contribution in [0.3, 0.4) is 0 Å². The topological polar surface area (TPSA) is 115 Å². The number of nitrogen functional groups attached to an aromatic ring is 1. The minimum absolute atomic E-state index is 0.140. The molecule has 0 aliphatic rings. The second-order valence-corrected chi connectivity index (χ2v) is 6.38. The van der Waals surface area contributed by atoms with Crippen LogP contribution in [0.4, 0.5) is 11.4 Å². The molecule has 0 saturated heterocycles. The van der Waals surface area contributed by atoms with Gasteiger partial charge in [0, 0.05) is 20.0 Å². The first-order valence-corrected chi connectivity index (χ1v) is 7.82. The molecular weight excluding hydrogens is 292 g/mol. The molecule has 0 radical (unpaired) electrons. The van der Waals surface area contributed by atoms with Gasteiger partial charge in [-0.1, -0.05) is 0 Å². The van der Waals surface area contributed by atoms with Crippen LogP contribution >= 0.6 is 0 Å². The third kappa shape index (κ3) is 3.50. The van der Waals surface area contributed by atoms with E-state index in [1.54, 1.807) is 12.4 Å². The quantitative estimate of drug-likeness (QED) is 0.645. The minimum Gasteiger partial charge on any atom is -0.397 e. The van der Waals surface area contributed by atoms with Gasteiger partial charge in [-0.3, -0.25) is 0 Å². The number of anilines is 2. The Bertz CT molecular complexity index is 725. The van der Waals surface area contributed by atoms with Gasteiger partial charge in [-0.25, -0.2) is 13.1 Å². The summed E-state index contributed by atoms with van der Waals surface area (Å²) >= 11 is 0. The predicted octanol–water partition coefficient (Wildman–Crippen LogP) is -0.0400. The number of sulfonamides is 1. The van der Waals surface area contributed by atoms with Crippen LogP contribution in [-0.2, 0) is 23.5 Å². The SMILES string of the molecule is CNS(=O)(=O)c1ccc(NCCc2nncn2C)c(N)c1. The molecule has 2 rings (SSSR count). The smallest absolute Gasteiger partial charge is 0.240 e. The van der Waals surface area contributed by atoms with E-state index in [2.05, 4.69) is 20.2 Å². The normalized spacial score (nSPS) is 11.5. The average molecular weight is 310 g/mol. The van der Waals surface area contributed by atoms with Gasteiger partial charge in [0.1, 0.15) is 12.2 Å². The molecule has 1 aromatic heterocycles. The van der Waals surface area contributed by atoms with Gasteiger partial charge in [0.25, 0.3) is 0 Å². The summed E-state index contributed by atoms with van der Waals surface area (Å²) in [5, 5.41) is 10.9. The molecule has 0 saturated carbocycles. The van der Waals surface area contributed by atoms with Gasteiger partial charge in [0.15, 0.2) is 0 Å². The van der Waals surface area contributed by atoms with Crippen molar-refractivity contribution in [1.82, 2.24) is 19.5 Å². The second kappa shape index (κ2) is 6.10. The van der Waals surface area contributed by atoms with Crippen LogP contribution < -0.4 is 15.8 Å². The van der Waals surface area contributed by atoms with Crippen LogP contribution in [0.5, 0.6) is 0 Å². The summed E-state index contributed by atoms with van der Waals surface area (Å²) in [5.41, 5.74) is 6.94. The first-order valence-electron chi connectivity index (χ1n) is 6.34. The summed E-state index contributed by atoms with van der Waals surface area (Å²) in [7, 11) is -0.243. The van der Waals surface area contributed by atoms with Crippen molar-refractivity contribution in [1.29, 1.82) is 0 Å². The number of rotatable bonds is 6. The number of nitrogens with zero attached hydrogens (tertiary/aromatic N) is 3. The zero-order chi connectivity index (χ0) is 15.5. The summed E-state index contributed by atoms with van der Waals surface area (Å²) in [6.07, 6.45) is 2.33. The Morgan fingerprint density at radius 3 is 2.71 bits per heavy atom. The first kappa shape index (κ1) is 15.3. The third-order valence-electron chi connectivity index (χ3n) is 3.07. The molecule has 1 aromatic carbocycles. The molecule has 0 aliphatic carbocycles. The van der Waals surface area contributed by atoms with Crippen molar-refractivity contribution < 1.29 is 8.42 Å².